The molecule has 5 rings (SSSR count). The molecular weight excluding hydrogens is 464 g/mol. The molecule has 9 heteroatoms. The first kappa shape index (κ1) is 23.2. The average molecular weight is 491 g/mol. The first-order valence-electron chi connectivity index (χ1n) is 11.4. The second-order valence-corrected chi connectivity index (χ2v) is 9.40. The van der Waals surface area contributed by atoms with Crippen LogP contribution in [0.3, 0.4) is 0 Å². The van der Waals surface area contributed by atoms with Crippen molar-refractivity contribution in [1.82, 2.24) is 10.3 Å². The average Bonchev–Trinajstić information content (AvgIpc) is 3.26. The van der Waals surface area contributed by atoms with E-state index in [-0.39, 0.29) is 18.1 Å². The highest BCUT2D eigenvalue weighted by Crippen LogP contribution is 2.35. The molecule has 0 radical (unpaired) electrons. The fourth-order valence-corrected chi connectivity index (χ4v) is 4.94. The number of ether oxygens (including phenoxy) is 2. The van der Waals surface area contributed by atoms with Gasteiger partial charge in [0.15, 0.2) is 0 Å². The third kappa shape index (κ3) is 5.41. The van der Waals surface area contributed by atoms with Crippen molar-refractivity contribution in [2.45, 2.75) is 24.0 Å². The van der Waals surface area contributed by atoms with E-state index in [0.717, 1.165) is 38.8 Å². The standard InChI is InChI=1S/C26H26N4O4S/c1-33-20-8-10-28-22(13-20)18-4-2-3-17(11-18)14-27-9-7-21-15-30(26(32)34-21)19-5-6-24-23(12-19)29-25(31)16-35-24/h2-6,8,10-13,21,27H,7,9,14-16H2,1H3,(H,29,31). The highest BCUT2D eigenvalue weighted by atomic mass is 32.2. The minimum atomic E-state index is -0.358. The monoisotopic (exact) mass is 490 g/mol. The van der Waals surface area contributed by atoms with Gasteiger partial charge in [-0.15, -0.1) is 11.8 Å². The highest BCUT2D eigenvalue weighted by Gasteiger charge is 2.32. The molecule has 1 aromatic heterocycles. The van der Waals surface area contributed by atoms with Gasteiger partial charge in [-0.2, -0.15) is 0 Å². The second kappa shape index (κ2) is 10.4. The summed E-state index contributed by atoms with van der Waals surface area (Å²) in [6, 6.07) is 17.6. The van der Waals surface area contributed by atoms with Gasteiger partial charge in [-0.25, -0.2) is 4.79 Å². The van der Waals surface area contributed by atoms with Gasteiger partial charge in [-0.1, -0.05) is 18.2 Å². The van der Waals surface area contributed by atoms with E-state index in [0.29, 0.717) is 31.8 Å². The van der Waals surface area contributed by atoms with Crippen LogP contribution in [0.5, 0.6) is 5.75 Å². The molecule has 180 valence electrons. The van der Waals surface area contributed by atoms with Gasteiger partial charge in [-0.05, 0) is 48.9 Å². The summed E-state index contributed by atoms with van der Waals surface area (Å²) in [5, 5.41) is 6.31. The Kier molecular flexibility index (Phi) is 6.87. The number of carbonyl (C=O) groups excluding carboxylic acids is 2. The largest absolute Gasteiger partial charge is 0.497 e. The topological polar surface area (TPSA) is 92.8 Å². The summed E-state index contributed by atoms with van der Waals surface area (Å²) >= 11 is 1.50. The SMILES string of the molecule is COc1ccnc(-c2cccc(CNCCC3CN(c4ccc5c(c4)NC(=O)CS5)C(=O)O3)c2)c1. The fraction of sp³-hybridized carbons (Fsp3) is 0.269. The van der Waals surface area contributed by atoms with Crippen LogP contribution in [0.4, 0.5) is 16.2 Å². The van der Waals surface area contributed by atoms with Crippen molar-refractivity contribution >= 4 is 35.1 Å². The normalized spacial score (nSPS) is 17.1. The lowest BCUT2D eigenvalue weighted by atomic mass is 10.1. The zero-order valence-corrected chi connectivity index (χ0v) is 20.1. The molecule has 1 saturated heterocycles. The Morgan fingerprint density at radius 3 is 3.00 bits per heavy atom. The van der Waals surface area contributed by atoms with Gasteiger partial charge < -0.3 is 20.1 Å². The highest BCUT2D eigenvalue weighted by molar-refractivity contribution is 8.00. The van der Waals surface area contributed by atoms with Gasteiger partial charge in [-0.3, -0.25) is 14.7 Å². The maximum Gasteiger partial charge on any atom is 0.414 e. The third-order valence-electron chi connectivity index (χ3n) is 5.94. The summed E-state index contributed by atoms with van der Waals surface area (Å²) in [6.07, 6.45) is 1.90. The van der Waals surface area contributed by atoms with E-state index >= 15 is 0 Å². The number of nitrogens with zero attached hydrogens (tertiary/aromatic N) is 2. The van der Waals surface area contributed by atoms with E-state index in [2.05, 4.69) is 27.8 Å². The Balaban J connectivity index is 1.13. The molecule has 1 unspecified atom stereocenters. The molecule has 35 heavy (non-hydrogen) atoms. The summed E-state index contributed by atoms with van der Waals surface area (Å²) in [5.41, 5.74) is 4.52. The van der Waals surface area contributed by atoms with Crippen LogP contribution >= 0.6 is 11.8 Å². The summed E-state index contributed by atoms with van der Waals surface area (Å²) < 4.78 is 10.9. The van der Waals surface area contributed by atoms with E-state index in [1.54, 1.807) is 18.2 Å². The Bertz CT molecular complexity index is 1250. The number of methoxy groups -OCH3 is 1. The molecule has 0 saturated carbocycles. The lowest BCUT2D eigenvalue weighted by molar-refractivity contribution is -0.113. The van der Waals surface area contributed by atoms with Gasteiger partial charge >= 0.3 is 6.09 Å². The number of anilines is 2. The Morgan fingerprint density at radius 2 is 2.11 bits per heavy atom. The number of pyridine rings is 1. The molecule has 0 aliphatic carbocycles. The lowest BCUT2D eigenvalue weighted by Gasteiger charge is -2.20. The molecule has 0 spiro atoms. The number of hydrogen-bond acceptors (Lipinski definition) is 7. The molecular formula is C26H26N4O4S. The number of aromatic nitrogens is 1. The molecule has 2 aromatic carbocycles. The Labute approximate surface area is 208 Å². The Morgan fingerprint density at radius 1 is 1.20 bits per heavy atom. The van der Waals surface area contributed by atoms with Crippen LogP contribution < -0.4 is 20.3 Å². The van der Waals surface area contributed by atoms with Crippen LogP contribution in [-0.2, 0) is 16.1 Å². The number of rotatable bonds is 8. The summed E-state index contributed by atoms with van der Waals surface area (Å²) in [4.78, 5) is 31.2. The number of benzene rings is 2. The van der Waals surface area contributed by atoms with Crippen LogP contribution in [0.15, 0.2) is 65.7 Å². The van der Waals surface area contributed by atoms with E-state index in [1.165, 1.54) is 11.8 Å². The zero-order valence-electron chi connectivity index (χ0n) is 19.3. The third-order valence-corrected chi connectivity index (χ3v) is 7.02. The first-order chi connectivity index (χ1) is 17.1. The van der Waals surface area contributed by atoms with Crippen molar-refractivity contribution in [3.63, 3.8) is 0 Å². The van der Waals surface area contributed by atoms with E-state index < -0.39 is 0 Å². The second-order valence-electron chi connectivity index (χ2n) is 8.38. The summed E-state index contributed by atoms with van der Waals surface area (Å²) in [5.74, 6) is 1.16. The van der Waals surface area contributed by atoms with Crippen molar-refractivity contribution in [3.8, 4) is 17.0 Å². The van der Waals surface area contributed by atoms with Crippen molar-refractivity contribution < 1.29 is 19.1 Å². The van der Waals surface area contributed by atoms with Crippen LogP contribution in [0.2, 0.25) is 0 Å². The first-order valence-corrected chi connectivity index (χ1v) is 12.4. The molecule has 2 amide bonds. The number of amides is 2. The van der Waals surface area contributed by atoms with Crippen LogP contribution in [-0.4, -0.2) is 49.0 Å². The number of thioether (sulfide) groups is 1. The lowest BCUT2D eigenvalue weighted by Crippen LogP contribution is -2.26. The van der Waals surface area contributed by atoms with Gasteiger partial charge in [0.05, 0.1) is 30.8 Å². The molecule has 0 bridgehead atoms. The minimum Gasteiger partial charge on any atom is -0.497 e. The van der Waals surface area contributed by atoms with Crippen molar-refractivity contribution in [1.29, 1.82) is 0 Å². The molecule has 1 fully saturated rings. The number of fused-ring (bicyclic) bond motifs is 1. The predicted octanol–water partition coefficient (Wildman–Crippen LogP) is 4.31. The molecule has 8 nitrogen and oxygen atoms in total. The molecule has 3 heterocycles. The number of cyclic esters (lactones) is 1. The van der Waals surface area contributed by atoms with E-state index in [9.17, 15) is 9.59 Å². The van der Waals surface area contributed by atoms with Gasteiger partial charge in [0, 0.05) is 35.0 Å². The predicted molar refractivity (Wildman–Crippen MR) is 136 cm³/mol. The summed E-state index contributed by atoms with van der Waals surface area (Å²) in [6.45, 7) is 1.89. The zero-order chi connectivity index (χ0) is 24.2. The quantitative estimate of drug-likeness (QED) is 0.455. The van der Waals surface area contributed by atoms with Crippen LogP contribution in [0.25, 0.3) is 11.3 Å². The molecule has 2 aliphatic rings. The summed E-state index contributed by atoms with van der Waals surface area (Å²) in [7, 11) is 1.64. The van der Waals surface area contributed by atoms with Crippen molar-refractivity contribution in [2.75, 3.05) is 36.2 Å². The van der Waals surface area contributed by atoms with Crippen molar-refractivity contribution in [3.05, 3.63) is 66.4 Å². The van der Waals surface area contributed by atoms with Gasteiger partial charge in [0.25, 0.3) is 0 Å². The van der Waals surface area contributed by atoms with E-state index in [1.807, 2.05) is 42.5 Å². The number of carbonyl (C=O) groups is 2. The Hall–Kier alpha value is -3.56. The maximum absolute atomic E-state index is 12.5. The molecule has 2 N–H and O–H groups in total. The maximum atomic E-state index is 12.5. The molecule has 2 aliphatic heterocycles. The van der Waals surface area contributed by atoms with Gasteiger partial charge in [0.1, 0.15) is 11.9 Å². The molecule has 3 aromatic rings. The van der Waals surface area contributed by atoms with Crippen LogP contribution in [0, 0.1) is 0 Å². The smallest absolute Gasteiger partial charge is 0.414 e. The fourth-order valence-electron chi connectivity index (χ4n) is 4.15. The van der Waals surface area contributed by atoms with Gasteiger partial charge in [0.2, 0.25) is 5.91 Å². The van der Waals surface area contributed by atoms with Crippen LogP contribution in [0.1, 0.15) is 12.0 Å². The number of hydrogen-bond donors (Lipinski definition) is 2. The van der Waals surface area contributed by atoms with E-state index in [4.69, 9.17) is 9.47 Å². The minimum absolute atomic E-state index is 0.0297. The van der Waals surface area contributed by atoms with Crippen molar-refractivity contribution in [2.24, 2.45) is 0 Å². The molecule has 1 atom stereocenters. The number of nitrogens with one attached hydrogen (secondary N) is 2.